The summed E-state index contributed by atoms with van der Waals surface area (Å²) < 4.78 is 253. The van der Waals surface area contributed by atoms with Gasteiger partial charge in [-0.05, 0) is 17.7 Å². The van der Waals surface area contributed by atoms with Gasteiger partial charge in [0.1, 0.15) is 0 Å². The predicted molar refractivity (Wildman–Crippen MR) is 99.3 cm³/mol. The highest BCUT2D eigenvalue weighted by molar-refractivity contribution is 5.85. The number of rotatable bonds is 13. The minimum Gasteiger partial charge on any atom is -0.352 e. The van der Waals surface area contributed by atoms with Crippen molar-refractivity contribution >= 4 is 11.8 Å². The van der Waals surface area contributed by atoms with E-state index < -0.39 is 78.3 Å². The molecular weight excluding hydrogens is 663 g/mol. The van der Waals surface area contributed by atoms with Crippen LogP contribution < -0.4 is 10.6 Å². The maximum atomic E-state index is 13.8. The van der Waals surface area contributed by atoms with E-state index in [2.05, 4.69) is 4.98 Å². The first-order valence-corrected chi connectivity index (χ1v) is 10.4. The zero-order valence-corrected chi connectivity index (χ0v) is 19.9. The minimum absolute atomic E-state index is 0.294. The number of halogens is 19. The topological polar surface area (TPSA) is 71.1 Å². The van der Waals surface area contributed by atoms with Gasteiger partial charge in [-0.3, -0.25) is 14.6 Å². The Kier molecular flexibility index (Phi) is 9.98. The summed E-state index contributed by atoms with van der Waals surface area (Å²) >= 11 is 0. The van der Waals surface area contributed by atoms with Gasteiger partial charge in [0, 0.05) is 31.9 Å². The highest BCUT2D eigenvalue weighted by atomic mass is 19.4. The van der Waals surface area contributed by atoms with Crippen molar-refractivity contribution in [1.29, 1.82) is 0 Å². The molecule has 0 unspecified atom stereocenters. The van der Waals surface area contributed by atoms with E-state index in [0.717, 1.165) is 0 Å². The van der Waals surface area contributed by atoms with Crippen LogP contribution >= 0.6 is 0 Å². The van der Waals surface area contributed by atoms with Crippen molar-refractivity contribution < 1.29 is 93.0 Å². The first-order valence-electron chi connectivity index (χ1n) is 10.4. The van der Waals surface area contributed by atoms with E-state index in [4.69, 9.17) is 0 Å². The normalized spacial score (nSPS) is 14.9. The molecule has 0 radical (unpaired) electrons. The van der Waals surface area contributed by atoms with Gasteiger partial charge in [-0.1, -0.05) is 0 Å². The van der Waals surface area contributed by atoms with Crippen LogP contribution in [0.4, 0.5) is 83.4 Å². The number of alkyl halides is 19. The number of hydrogen-bond acceptors (Lipinski definition) is 3. The number of amides is 2. The number of nitrogens with zero attached hydrogens (tertiary/aromatic N) is 1. The molecule has 0 bridgehead atoms. The van der Waals surface area contributed by atoms with Crippen LogP contribution in [0.2, 0.25) is 0 Å². The molecule has 43 heavy (non-hydrogen) atoms. The van der Waals surface area contributed by atoms with Crippen LogP contribution in [0.1, 0.15) is 12.0 Å². The van der Waals surface area contributed by atoms with Crippen LogP contribution in [0.15, 0.2) is 24.5 Å². The summed E-state index contributed by atoms with van der Waals surface area (Å²) in [5, 5.41) is 2.65. The van der Waals surface area contributed by atoms with Gasteiger partial charge in [0.15, 0.2) is 0 Å². The van der Waals surface area contributed by atoms with Crippen LogP contribution in [0.3, 0.4) is 0 Å². The molecule has 2 amide bonds. The van der Waals surface area contributed by atoms with E-state index >= 15 is 0 Å². The van der Waals surface area contributed by atoms with Crippen molar-refractivity contribution in [3.8, 4) is 0 Å². The zero-order chi connectivity index (χ0) is 34.3. The molecule has 1 aromatic rings. The maximum absolute atomic E-state index is 13.8. The molecule has 0 saturated carbocycles. The van der Waals surface area contributed by atoms with E-state index in [1.165, 1.54) is 24.5 Å². The van der Waals surface area contributed by atoms with Gasteiger partial charge in [-0.25, -0.2) is 0 Å². The van der Waals surface area contributed by atoms with E-state index in [9.17, 15) is 93.0 Å². The lowest BCUT2D eigenvalue weighted by atomic mass is 9.87. The third-order valence-electron chi connectivity index (χ3n) is 5.28. The molecule has 1 aromatic heterocycles. The highest BCUT2D eigenvalue weighted by Gasteiger charge is 2.97. The van der Waals surface area contributed by atoms with Crippen molar-refractivity contribution in [3.63, 3.8) is 0 Å². The molecule has 2 N–H and O–H groups in total. The van der Waals surface area contributed by atoms with Crippen LogP contribution in [0, 0.1) is 0 Å². The molecule has 1 heterocycles. The fourth-order valence-electron chi connectivity index (χ4n) is 2.69. The number of pyridine rings is 1. The second kappa shape index (κ2) is 11.4. The lowest BCUT2D eigenvalue weighted by molar-refractivity contribution is -0.467. The second-order valence-electron chi connectivity index (χ2n) is 8.23. The van der Waals surface area contributed by atoms with Gasteiger partial charge >= 0.3 is 53.6 Å². The molecule has 0 aliphatic rings. The summed E-state index contributed by atoms with van der Waals surface area (Å²) in [7, 11) is 0. The highest BCUT2D eigenvalue weighted by Crippen LogP contribution is 2.65. The van der Waals surface area contributed by atoms with E-state index in [0.29, 0.717) is 10.9 Å². The first kappa shape index (κ1) is 37.8. The van der Waals surface area contributed by atoms with Crippen molar-refractivity contribution in [3.05, 3.63) is 30.1 Å². The Labute approximate surface area is 224 Å². The molecule has 5 nitrogen and oxygen atoms in total. The maximum Gasteiger partial charge on any atom is 0.460 e. The number of nitrogens with one attached hydrogen (secondary N) is 2. The Morgan fingerprint density at radius 1 is 0.558 bits per heavy atom. The Morgan fingerprint density at radius 2 is 0.930 bits per heavy atom. The molecule has 0 aliphatic carbocycles. The molecule has 0 fully saturated rings. The average molecular weight is 675 g/mol. The van der Waals surface area contributed by atoms with Gasteiger partial charge in [-0.15, -0.1) is 0 Å². The Hall–Kier alpha value is -3.24. The van der Waals surface area contributed by atoms with Crippen molar-refractivity contribution in [2.45, 2.75) is 66.5 Å². The van der Waals surface area contributed by atoms with Crippen LogP contribution in [-0.2, 0) is 16.1 Å². The zero-order valence-electron chi connectivity index (χ0n) is 19.9. The quantitative estimate of drug-likeness (QED) is 0.258. The fraction of sp³-hybridized carbons (Fsp3) is 0.632. The molecule has 0 aliphatic heterocycles. The number of carbonyl (C=O) groups is 2. The standard InChI is InChI=1S/C19H12F19N3O2/c20-11(21,10(43)40-6-3-9(42)41-7-8-1-4-39-5-2-8)12(22,23)13(24,25)14(26,27)15(28,29)16(30,31)17(32,33)18(34,35)19(36,37)38/h1-2,4-5H,3,6-7H2,(H,40,43)(H,41,42). The molecule has 0 spiro atoms. The summed E-state index contributed by atoms with van der Waals surface area (Å²) in [4.78, 5) is 26.5. The van der Waals surface area contributed by atoms with Crippen LogP contribution in [0.5, 0.6) is 0 Å². The number of hydrogen-bond donors (Lipinski definition) is 2. The summed E-state index contributed by atoms with van der Waals surface area (Å²) in [6.07, 6.45) is -6.64. The average Bonchev–Trinajstić information content (AvgIpc) is 2.86. The number of carbonyl (C=O) groups excluding carboxylic acids is 2. The minimum atomic E-state index is -9.08. The van der Waals surface area contributed by atoms with Crippen molar-refractivity contribution in [2.75, 3.05) is 6.54 Å². The molecule has 1 rings (SSSR count). The summed E-state index contributed by atoms with van der Waals surface area (Å²) in [5.74, 6) is -73.7. The van der Waals surface area contributed by atoms with E-state index in [1.54, 1.807) is 0 Å². The Bertz CT molecular complexity index is 1150. The van der Waals surface area contributed by atoms with E-state index in [1.807, 2.05) is 5.32 Å². The molecule has 0 aromatic carbocycles. The first-order chi connectivity index (χ1) is 18.9. The van der Waals surface area contributed by atoms with Crippen molar-refractivity contribution in [1.82, 2.24) is 15.6 Å². The van der Waals surface area contributed by atoms with Gasteiger partial charge in [-0.2, -0.15) is 83.4 Å². The molecule has 24 heteroatoms. The Morgan fingerprint density at radius 3 is 1.33 bits per heavy atom. The third-order valence-corrected chi connectivity index (χ3v) is 5.28. The van der Waals surface area contributed by atoms with E-state index in [-0.39, 0.29) is 6.54 Å². The van der Waals surface area contributed by atoms with Crippen LogP contribution in [0.25, 0.3) is 0 Å². The van der Waals surface area contributed by atoms with Gasteiger partial charge in [0.25, 0.3) is 5.91 Å². The molecular formula is C19H12F19N3O2. The lowest BCUT2D eigenvalue weighted by Crippen LogP contribution is -2.76. The third kappa shape index (κ3) is 5.96. The monoisotopic (exact) mass is 675 g/mol. The molecule has 0 saturated heterocycles. The summed E-state index contributed by atoms with van der Waals surface area (Å²) in [6, 6.07) is 2.67. The van der Waals surface area contributed by atoms with Gasteiger partial charge in [0.05, 0.1) is 0 Å². The lowest BCUT2D eigenvalue weighted by Gasteiger charge is -2.43. The SMILES string of the molecule is O=C(CCNC(=O)C(F)(F)C(F)(F)C(F)(F)C(F)(F)C(F)(F)C(F)(F)C(F)(F)C(F)(F)C(F)(F)F)NCc1ccncc1. The van der Waals surface area contributed by atoms with Gasteiger partial charge < -0.3 is 10.6 Å². The smallest absolute Gasteiger partial charge is 0.352 e. The fourth-order valence-corrected chi connectivity index (χ4v) is 2.69. The second-order valence-corrected chi connectivity index (χ2v) is 8.23. The van der Waals surface area contributed by atoms with Crippen molar-refractivity contribution in [2.24, 2.45) is 0 Å². The molecule has 0 atom stereocenters. The number of aromatic nitrogens is 1. The summed E-state index contributed by atoms with van der Waals surface area (Å²) in [5.41, 5.74) is 0.365. The molecule has 248 valence electrons. The van der Waals surface area contributed by atoms with Gasteiger partial charge in [0.2, 0.25) is 5.91 Å². The predicted octanol–water partition coefficient (Wildman–Crippen LogP) is 5.85. The Balaban J connectivity index is 3.25. The summed E-state index contributed by atoms with van der Waals surface area (Å²) in [6.45, 7) is -1.79. The van der Waals surface area contributed by atoms with Crippen LogP contribution in [-0.4, -0.2) is 76.9 Å². The largest absolute Gasteiger partial charge is 0.460 e.